The van der Waals surface area contributed by atoms with Crippen molar-refractivity contribution in [3.05, 3.63) is 11.6 Å². The van der Waals surface area contributed by atoms with Crippen molar-refractivity contribution in [1.29, 1.82) is 0 Å². The Morgan fingerprint density at radius 3 is 2.67 bits per heavy atom. The van der Waals surface area contributed by atoms with Crippen LogP contribution < -0.4 is 0 Å². The summed E-state index contributed by atoms with van der Waals surface area (Å²) < 4.78 is 5.53. The zero-order valence-electron chi connectivity index (χ0n) is 14.2. The molecule has 1 fully saturated rings. The molecule has 0 saturated carbocycles. The molecule has 120 valence electrons. The molecule has 1 amide bonds. The number of ether oxygens (including phenoxy) is 1. The normalized spacial score (nSPS) is 27.2. The molecule has 3 heteroatoms. The maximum Gasteiger partial charge on any atom is 0.410 e. The Labute approximate surface area is 129 Å². The van der Waals surface area contributed by atoms with Gasteiger partial charge in [-0.25, -0.2) is 4.79 Å². The van der Waals surface area contributed by atoms with Crippen molar-refractivity contribution in [2.45, 2.75) is 78.2 Å². The molecule has 0 radical (unpaired) electrons. The van der Waals surface area contributed by atoms with Crippen LogP contribution in [0.4, 0.5) is 4.79 Å². The molecule has 0 spiro atoms. The summed E-state index contributed by atoms with van der Waals surface area (Å²) in [6.45, 7) is 9.78. The van der Waals surface area contributed by atoms with Crippen molar-refractivity contribution in [2.75, 3.05) is 13.1 Å². The van der Waals surface area contributed by atoms with Gasteiger partial charge >= 0.3 is 6.09 Å². The monoisotopic (exact) mass is 293 g/mol. The molecule has 1 aliphatic carbocycles. The summed E-state index contributed by atoms with van der Waals surface area (Å²) in [6, 6.07) is 0. The number of rotatable bonds is 1. The van der Waals surface area contributed by atoms with E-state index in [1.54, 1.807) is 5.57 Å². The lowest BCUT2D eigenvalue weighted by atomic mass is 9.74. The number of carbonyl (C=O) groups excluding carboxylic acids is 1. The lowest BCUT2D eigenvalue weighted by Gasteiger charge is -2.31. The average molecular weight is 293 g/mol. The zero-order valence-corrected chi connectivity index (χ0v) is 14.2. The molecule has 0 N–H and O–H groups in total. The van der Waals surface area contributed by atoms with Gasteiger partial charge in [-0.15, -0.1) is 0 Å². The van der Waals surface area contributed by atoms with Crippen molar-refractivity contribution < 1.29 is 9.53 Å². The first kappa shape index (κ1) is 16.4. The van der Waals surface area contributed by atoms with Gasteiger partial charge < -0.3 is 9.64 Å². The zero-order chi connectivity index (χ0) is 15.5. The van der Waals surface area contributed by atoms with Gasteiger partial charge in [-0.1, -0.05) is 18.6 Å². The van der Waals surface area contributed by atoms with Crippen molar-refractivity contribution in [1.82, 2.24) is 4.90 Å². The van der Waals surface area contributed by atoms with Crippen LogP contribution in [0.2, 0.25) is 0 Å². The van der Waals surface area contributed by atoms with Crippen molar-refractivity contribution in [2.24, 2.45) is 5.41 Å². The predicted molar refractivity (Wildman–Crippen MR) is 86.3 cm³/mol. The predicted octanol–water partition coefficient (Wildman–Crippen LogP) is 4.91. The molecule has 0 bridgehead atoms. The van der Waals surface area contributed by atoms with E-state index in [0.717, 1.165) is 32.4 Å². The van der Waals surface area contributed by atoms with Crippen LogP contribution in [-0.2, 0) is 4.74 Å². The van der Waals surface area contributed by atoms with Crippen LogP contribution in [0.3, 0.4) is 0 Å². The molecule has 0 aromatic carbocycles. The third kappa shape index (κ3) is 4.02. The van der Waals surface area contributed by atoms with Gasteiger partial charge in [-0.3, -0.25) is 0 Å². The maximum atomic E-state index is 12.3. The number of hydrogen-bond acceptors (Lipinski definition) is 2. The third-order valence-electron chi connectivity index (χ3n) is 4.98. The standard InChI is InChI=1S/C18H31NO2/c1-5-18-11-6-9-15(18)10-7-13-19(14-8-12-18)16(20)21-17(2,3)4/h9H,5-8,10-14H2,1-4H3. The Morgan fingerprint density at radius 2 is 2.00 bits per heavy atom. The van der Waals surface area contributed by atoms with Crippen molar-refractivity contribution in [3.8, 4) is 0 Å². The Bertz CT molecular complexity index is 408. The summed E-state index contributed by atoms with van der Waals surface area (Å²) in [4.78, 5) is 14.2. The number of allylic oxidation sites excluding steroid dienone is 2. The van der Waals surface area contributed by atoms with Crippen molar-refractivity contribution in [3.63, 3.8) is 0 Å². The molecule has 0 aromatic heterocycles. The van der Waals surface area contributed by atoms with Gasteiger partial charge in [0.2, 0.25) is 0 Å². The molecule has 2 aliphatic rings. The number of amides is 1. The molecular weight excluding hydrogens is 262 g/mol. The molecule has 21 heavy (non-hydrogen) atoms. The highest BCUT2D eigenvalue weighted by molar-refractivity contribution is 5.68. The first-order valence-corrected chi connectivity index (χ1v) is 8.54. The van der Waals surface area contributed by atoms with E-state index in [0.29, 0.717) is 5.41 Å². The van der Waals surface area contributed by atoms with Crippen LogP contribution in [0.15, 0.2) is 11.6 Å². The van der Waals surface area contributed by atoms with E-state index >= 15 is 0 Å². The number of hydrogen-bond donors (Lipinski definition) is 0. The first-order valence-electron chi connectivity index (χ1n) is 8.54. The second kappa shape index (κ2) is 6.41. The van der Waals surface area contributed by atoms with Gasteiger partial charge in [0.15, 0.2) is 0 Å². The largest absolute Gasteiger partial charge is 0.444 e. The SMILES string of the molecule is CCC12CCC=C1CCCN(C(=O)OC(C)(C)C)CCC2. The number of fused-ring (bicyclic) bond motifs is 1. The summed E-state index contributed by atoms with van der Waals surface area (Å²) in [6.07, 6.45) is 10.6. The van der Waals surface area contributed by atoms with E-state index in [2.05, 4.69) is 13.0 Å². The van der Waals surface area contributed by atoms with Crippen LogP contribution in [0.5, 0.6) is 0 Å². The van der Waals surface area contributed by atoms with E-state index in [1.807, 2.05) is 25.7 Å². The summed E-state index contributed by atoms with van der Waals surface area (Å²) in [5, 5.41) is 0. The lowest BCUT2D eigenvalue weighted by molar-refractivity contribution is 0.0244. The molecule has 2 rings (SSSR count). The molecule has 1 unspecified atom stereocenters. The summed E-state index contributed by atoms with van der Waals surface area (Å²) >= 11 is 0. The van der Waals surface area contributed by atoms with E-state index in [9.17, 15) is 4.79 Å². The molecular formula is C18H31NO2. The van der Waals surface area contributed by atoms with Crippen LogP contribution >= 0.6 is 0 Å². The average Bonchev–Trinajstić information content (AvgIpc) is 2.79. The Morgan fingerprint density at radius 1 is 1.29 bits per heavy atom. The second-order valence-electron chi connectivity index (χ2n) is 7.58. The van der Waals surface area contributed by atoms with E-state index < -0.39 is 5.60 Å². The number of nitrogens with zero attached hydrogens (tertiary/aromatic N) is 1. The molecule has 1 atom stereocenters. The summed E-state index contributed by atoms with van der Waals surface area (Å²) in [5.74, 6) is 0. The molecule has 1 aliphatic heterocycles. The molecule has 1 saturated heterocycles. The van der Waals surface area contributed by atoms with Crippen LogP contribution in [0.25, 0.3) is 0 Å². The summed E-state index contributed by atoms with van der Waals surface area (Å²) in [7, 11) is 0. The van der Waals surface area contributed by atoms with Crippen LogP contribution in [0.1, 0.15) is 72.6 Å². The van der Waals surface area contributed by atoms with Gasteiger partial charge in [0.05, 0.1) is 0 Å². The van der Waals surface area contributed by atoms with Gasteiger partial charge in [-0.2, -0.15) is 0 Å². The minimum Gasteiger partial charge on any atom is -0.444 e. The Hall–Kier alpha value is -0.990. The van der Waals surface area contributed by atoms with Gasteiger partial charge in [0.25, 0.3) is 0 Å². The van der Waals surface area contributed by atoms with Gasteiger partial charge in [-0.05, 0) is 71.1 Å². The van der Waals surface area contributed by atoms with E-state index in [1.165, 1.54) is 25.7 Å². The first-order chi connectivity index (χ1) is 9.86. The van der Waals surface area contributed by atoms with Gasteiger partial charge in [0.1, 0.15) is 5.60 Å². The smallest absolute Gasteiger partial charge is 0.410 e. The maximum absolute atomic E-state index is 12.3. The summed E-state index contributed by atoms with van der Waals surface area (Å²) in [5.41, 5.74) is 1.69. The van der Waals surface area contributed by atoms with Crippen LogP contribution in [-0.4, -0.2) is 29.7 Å². The van der Waals surface area contributed by atoms with Gasteiger partial charge in [0, 0.05) is 13.1 Å². The quantitative estimate of drug-likeness (QED) is 0.643. The molecule has 1 heterocycles. The fraction of sp³-hybridized carbons (Fsp3) is 0.833. The second-order valence-corrected chi connectivity index (χ2v) is 7.58. The third-order valence-corrected chi connectivity index (χ3v) is 4.98. The molecule has 0 aromatic rings. The minimum atomic E-state index is -0.404. The lowest BCUT2D eigenvalue weighted by Crippen LogP contribution is -2.38. The Kier molecular flexibility index (Phi) is 5.00. The Balaban J connectivity index is 2.00. The highest BCUT2D eigenvalue weighted by Gasteiger charge is 2.35. The minimum absolute atomic E-state index is 0.144. The number of carbonyl (C=O) groups is 1. The topological polar surface area (TPSA) is 29.5 Å². The van der Waals surface area contributed by atoms with Crippen LogP contribution in [0, 0.1) is 5.41 Å². The fourth-order valence-electron chi connectivity index (χ4n) is 3.82. The van der Waals surface area contributed by atoms with E-state index in [-0.39, 0.29) is 6.09 Å². The molecule has 3 nitrogen and oxygen atoms in total. The fourth-order valence-corrected chi connectivity index (χ4v) is 3.82. The highest BCUT2D eigenvalue weighted by atomic mass is 16.6. The highest BCUT2D eigenvalue weighted by Crippen LogP contribution is 2.48. The van der Waals surface area contributed by atoms with E-state index in [4.69, 9.17) is 4.74 Å². The van der Waals surface area contributed by atoms with Crippen molar-refractivity contribution >= 4 is 6.09 Å².